The lowest BCUT2D eigenvalue weighted by Gasteiger charge is -2.13. The number of hydrogen-bond acceptors (Lipinski definition) is 5. The molecule has 0 aliphatic carbocycles. The quantitative estimate of drug-likeness (QED) is 0.646. The lowest BCUT2D eigenvalue weighted by molar-refractivity contribution is -0.123. The number of halogens is 1. The molecule has 0 radical (unpaired) electrons. The number of benzene rings is 2. The minimum Gasteiger partial charge on any atom is -0.492 e. The summed E-state index contributed by atoms with van der Waals surface area (Å²) in [5.74, 6) is 0.687. The summed E-state index contributed by atoms with van der Waals surface area (Å²) in [6, 6.07) is 13.4. The number of carbonyl (C=O) groups is 2. The molecule has 0 saturated carbocycles. The van der Waals surface area contributed by atoms with Crippen molar-refractivity contribution >= 4 is 35.1 Å². The molecule has 0 spiro atoms. The number of aromatic nitrogens is 3. The number of para-hydroxylation sites is 2. The molecule has 3 aromatic rings. The van der Waals surface area contributed by atoms with Crippen LogP contribution in [0.4, 0.5) is 11.6 Å². The van der Waals surface area contributed by atoms with Crippen molar-refractivity contribution in [1.29, 1.82) is 0 Å². The highest BCUT2D eigenvalue weighted by Crippen LogP contribution is 2.30. The summed E-state index contributed by atoms with van der Waals surface area (Å²) in [5, 5.41) is 10.5. The number of ether oxygens (including phenoxy) is 1. The van der Waals surface area contributed by atoms with Crippen LogP contribution in [-0.4, -0.2) is 33.2 Å². The first-order chi connectivity index (χ1) is 14.0. The maximum Gasteiger partial charge on any atom is 0.252 e. The molecule has 9 heteroatoms. The van der Waals surface area contributed by atoms with Gasteiger partial charge in [0.25, 0.3) is 5.91 Å². The summed E-state index contributed by atoms with van der Waals surface area (Å²) in [7, 11) is 0. The molecular weight excluding hydrogens is 394 g/mol. The lowest BCUT2D eigenvalue weighted by atomic mass is 10.2. The van der Waals surface area contributed by atoms with Gasteiger partial charge < -0.3 is 10.1 Å². The minimum absolute atomic E-state index is 0.0806. The molecular formula is C20H18ClN5O3. The summed E-state index contributed by atoms with van der Waals surface area (Å²) < 4.78 is 6.96. The van der Waals surface area contributed by atoms with Crippen LogP contribution < -0.4 is 15.4 Å². The molecule has 1 aliphatic heterocycles. The van der Waals surface area contributed by atoms with E-state index in [1.54, 1.807) is 42.5 Å². The van der Waals surface area contributed by atoms with Crippen molar-refractivity contribution in [3.63, 3.8) is 0 Å². The molecule has 8 nitrogen and oxygen atoms in total. The maximum atomic E-state index is 12.6. The molecule has 2 amide bonds. The van der Waals surface area contributed by atoms with Gasteiger partial charge in [-0.3, -0.25) is 14.9 Å². The van der Waals surface area contributed by atoms with Gasteiger partial charge in [0.2, 0.25) is 11.9 Å². The average molecular weight is 412 g/mol. The predicted molar refractivity (Wildman–Crippen MR) is 109 cm³/mol. The minimum atomic E-state index is -0.780. The van der Waals surface area contributed by atoms with Crippen LogP contribution in [0.15, 0.2) is 48.5 Å². The lowest BCUT2D eigenvalue weighted by Crippen LogP contribution is -2.24. The van der Waals surface area contributed by atoms with E-state index in [1.165, 1.54) is 4.68 Å². The molecule has 1 aromatic heterocycles. The zero-order valence-electron chi connectivity index (χ0n) is 15.6. The van der Waals surface area contributed by atoms with Crippen molar-refractivity contribution in [3.05, 3.63) is 53.6 Å². The molecule has 0 fully saturated rings. The van der Waals surface area contributed by atoms with E-state index in [9.17, 15) is 9.59 Å². The molecule has 0 unspecified atom stereocenters. The Morgan fingerprint density at radius 3 is 2.76 bits per heavy atom. The first-order valence-corrected chi connectivity index (χ1v) is 9.48. The van der Waals surface area contributed by atoms with Crippen LogP contribution in [0.3, 0.4) is 0 Å². The van der Waals surface area contributed by atoms with E-state index in [0.29, 0.717) is 34.8 Å². The van der Waals surface area contributed by atoms with Crippen LogP contribution in [0.5, 0.6) is 5.75 Å². The van der Waals surface area contributed by atoms with Gasteiger partial charge in [0, 0.05) is 10.6 Å². The van der Waals surface area contributed by atoms with Gasteiger partial charge in [-0.1, -0.05) is 23.7 Å². The van der Waals surface area contributed by atoms with E-state index in [4.69, 9.17) is 16.3 Å². The number of nitrogens with one attached hydrogen (secondary N) is 2. The van der Waals surface area contributed by atoms with Gasteiger partial charge in [0.05, 0.1) is 18.7 Å². The Bertz CT molecular complexity index is 1060. The second kappa shape index (κ2) is 7.92. The number of hydrogen-bond donors (Lipinski definition) is 2. The summed E-state index contributed by atoms with van der Waals surface area (Å²) in [6.07, 6.45) is -0.0806. The standard InChI is InChI=1S/C20H18ClN5O3/c1-2-29-16-6-4-3-5-14(16)22-17(27)11-15-19(28)24-20-23-18(25-26(15)20)12-7-9-13(21)10-8-12/h3-10,15H,2,11H2,1H3,(H,22,27)(H,23,24,25,28)/t15-/m1/s1. The van der Waals surface area contributed by atoms with E-state index in [1.807, 2.05) is 13.0 Å². The van der Waals surface area contributed by atoms with Crippen LogP contribution in [0.1, 0.15) is 19.4 Å². The number of nitrogens with zero attached hydrogens (tertiary/aromatic N) is 3. The Hall–Kier alpha value is -3.39. The fourth-order valence-electron chi connectivity index (χ4n) is 3.06. The average Bonchev–Trinajstić information content (AvgIpc) is 3.23. The van der Waals surface area contributed by atoms with Gasteiger partial charge in [0.1, 0.15) is 11.8 Å². The highest BCUT2D eigenvalue weighted by Gasteiger charge is 2.35. The van der Waals surface area contributed by atoms with Gasteiger partial charge in [0.15, 0.2) is 5.82 Å². The molecule has 2 heterocycles. The fourth-order valence-corrected chi connectivity index (χ4v) is 3.18. The number of fused-ring (bicyclic) bond motifs is 1. The maximum absolute atomic E-state index is 12.6. The Morgan fingerprint density at radius 1 is 1.24 bits per heavy atom. The van der Waals surface area contributed by atoms with Crippen LogP contribution in [-0.2, 0) is 9.59 Å². The van der Waals surface area contributed by atoms with Gasteiger partial charge in [-0.05, 0) is 43.3 Å². The van der Waals surface area contributed by atoms with Crippen molar-refractivity contribution in [1.82, 2.24) is 14.8 Å². The van der Waals surface area contributed by atoms with Crippen LogP contribution in [0, 0.1) is 0 Å². The third-order valence-electron chi connectivity index (χ3n) is 4.41. The van der Waals surface area contributed by atoms with E-state index in [-0.39, 0.29) is 18.2 Å². The largest absolute Gasteiger partial charge is 0.492 e. The molecule has 148 valence electrons. The molecule has 4 rings (SSSR count). The van der Waals surface area contributed by atoms with Crippen LogP contribution in [0.25, 0.3) is 11.4 Å². The molecule has 0 bridgehead atoms. The Labute approximate surface area is 171 Å². The molecule has 2 N–H and O–H groups in total. The molecule has 29 heavy (non-hydrogen) atoms. The Morgan fingerprint density at radius 2 is 2.00 bits per heavy atom. The number of amides is 2. The number of rotatable bonds is 6. The monoisotopic (exact) mass is 411 g/mol. The summed E-state index contributed by atoms with van der Waals surface area (Å²) in [4.78, 5) is 29.2. The Kier molecular flexibility index (Phi) is 5.18. The number of carbonyl (C=O) groups excluding carboxylic acids is 2. The smallest absolute Gasteiger partial charge is 0.252 e. The van der Waals surface area contributed by atoms with Gasteiger partial charge in [-0.25, -0.2) is 4.68 Å². The van der Waals surface area contributed by atoms with E-state index in [2.05, 4.69) is 20.7 Å². The van der Waals surface area contributed by atoms with E-state index < -0.39 is 6.04 Å². The van der Waals surface area contributed by atoms with Crippen molar-refractivity contribution in [2.45, 2.75) is 19.4 Å². The van der Waals surface area contributed by atoms with Crippen LogP contribution >= 0.6 is 11.6 Å². The normalized spacial score (nSPS) is 15.0. The summed E-state index contributed by atoms with van der Waals surface area (Å²) in [6.45, 7) is 2.35. The zero-order valence-corrected chi connectivity index (χ0v) is 16.3. The van der Waals surface area contributed by atoms with Crippen molar-refractivity contribution < 1.29 is 14.3 Å². The predicted octanol–water partition coefficient (Wildman–Crippen LogP) is 3.52. The summed E-state index contributed by atoms with van der Waals surface area (Å²) >= 11 is 5.91. The van der Waals surface area contributed by atoms with Crippen molar-refractivity contribution in [2.75, 3.05) is 17.2 Å². The van der Waals surface area contributed by atoms with Crippen LogP contribution in [0.2, 0.25) is 5.02 Å². The Balaban J connectivity index is 1.51. The molecule has 1 atom stereocenters. The summed E-state index contributed by atoms with van der Waals surface area (Å²) in [5.41, 5.74) is 1.32. The second-order valence-electron chi connectivity index (χ2n) is 6.40. The topological polar surface area (TPSA) is 98.1 Å². The number of anilines is 2. The second-order valence-corrected chi connectivity index (χ2v) is 6.83. The first-order valence-electron chi connectivity index (χ1n) is 9.10. The third-order valence-corrected chi connectivity index (χ3v) is 4.66. The van der Waals surface area contributed by atoms with E-state index >= 15 is 0 Å². The molecule has 0 saturated heterocycles. The van der Waals surface area contributed by atoms with Crippen molar-refractivity contribution in [3.8, 4) is 17.1 Å². The van der Waals surface area contributed by atoms with Crippen molar-refractivity contribution in [2.24, 2.45) is 0 Å². The van der Waals surface area contributed by atoms with Gasteiger partial charge >= 0.3 is 0 Å². The molecule has 1 aliphatic rings. The van der Waals surface area contributed by atoms with Gasteiger partial charge in [-0.2, -0.15) is 4.98 Å². The SMILES string of the molecule is CCOc1ccccc1NC(=O)C[C@@H]1C(=O)Nc2nc(-c3ccc(Cl)cc3)nn21. The van der Waals surface area contributed by atoms with E-state index in [0.717, 1.165) is 5.56 Å². The third kappa shape index (κ3) is 3.93. The first kappa shape index (κ1) is 18.9. The fraction of sp³-hybridized carbons (Fsp3) is 0.200. The zero-order chi connectivity index (χ0) is 20.4. The van der Waals surface area contributed by atoms with Gasteiger partial charge in [-0.15, -0.1) is 5.10 Å². The highest BCUT2D eigenvalue weighted by molar-refractivity contribution is 6.30. The molecule has 2 aromatic carbocycles. The highest BCUT2D eigenvalue weighted by atomic mass is 35.5.